The Morgan fingerprint density at radius 3 is 2.52 bits per heavy atom. The summed E-state index contributed by atoms with van der Waals surface area (Å²) in [5.41, 5.74) is 0.584. The highest BCUT2D eigenvalue weighted by molar-refractivity contribution is 5.43. The first-order valence-corrected chi connectivity index (χ1v) is 10.7. The van der Waals surface area contributed by atoms with Crippen LogP contribution in [0.25, 0.3) is 0 Å². The first-order chi connectivity index (χ1) is 13.9. The van der Waals surface area contributed by atoms with E-state index in [2.05, 4.69) is 38.8 Å². The van der Waals surface area contributed by atoms with Gasteiger partial charge in [-0.3, -0.25) is 9.80 Å². The molecule has 1 aromatic rings. The molecule has 164 valence electrons. The molecular weight excluding hydrogens is 368 g/mol. The van der Waals surface area contributed by atoms with Gasteiger partial charge in [0.1, 0.15) is 6.61 Å². The molecule has 0 radical (unpaired) electrons. The van der Waals surface area contributed by atoms with Crippen molar-refractivity contribution in [1.29, 1.82) is 0 Å². The Kier molecular flexibility index (Phi) is 7.76. The Balaban J connectivity index is 1.52. The third-order valence-corrected chi connectivity index (χ3v) is 5.96. The number of rotatable bonds is 9. The highest BCUT2D eigenvalue weighted by Crippen LogP contribution is 2.30. The number of methoxy groups -OCH3 is 1. The first-order valence-electron chi connectivity index (χ1n) is 10.7. The second kappa shape index (κ2) is 10.1. The second-order valence-electron chi connectivity index (χ2n) is 8.90. The molecule has 2 saturated heterocycles. The summed E-state index contributed by atoms with van der Waals surface area (Å²) >= 11 is 0. The van der Waals surface area contributed by atoms with Crippen molar-refractivity contribution in [2.24, 2.45) is 0 Å². The maximum atomic E-state index is 11.1. The van der Waals surface area contributed by atoms with E-state index >= 15 is 0 Å². The van der Waals surface area contributed by atoms with E-state index in [1.165, 1.54) is 5.56 Å². The summed E-state index contributed by atoms with van der Waals surface area (Å²) in [6.07, 6.45) is 0.836. The van der Waals surface area contributed by atoms with E-state index in [-0.39, 0.29) is 0 Å². The third-order valence-electron chi connectivity index (χ3n) is 5.96. The van der Waals surface area contributed by atoms with Crippen LogP contribution in [0.4, 0.5) is 0 Å². The molecule has 1 aromatic carbocycles. The highest BCUT2D eigenvalue weighted by atomic mass is 16.5. The fourth-order valence-corrected chi connectivity index (χ4v) is 4.15. The van der Waals surface area contributed by atoms with Crippen LogP contribution in [-0.2, 0) is 6.54 Å². The Morgan fingerprint density at radius 1 is 1.07 bits per heavy atom. The smallest absolute Gasteiger partial charge is 0.161 e. The van der Waals surface area contributed by atoms with Gasteiger partial charge in [-0.05, 0) is 45.3 Å². The maximum Gasteiger partial charge on any atom is 0.161 e. The number of likely N-dealkylation sites (N-methyl/N-ethyl adjacent to an activating group) is 2. The molecule has 0 bridgehead atoms. The van der Waals surface area contributed by atoms with Crippen LogP contribution in [0.2, 0.25) is 0 Å². The molecule has 2 aliphatic rings. The molecule has 2 fully saturated rings. The summed E-state index contributed by atoms with van der Waals surface area (Å²) in [5.74, 6) is 1.55. The van der Waals surface area contributed by atoms with E-state index < -0.39 is 5.60 Å². The van der Waals surface area contributed by atoms with Crippen molar-refractivity contribution in [3.8, 4) is 11.5 Å². The van der Waals surface area contributed by atoms with E-state index in [1.54, 1.807) is 7.11 Å². The molecule has 0 amide bonds. The topological polar surface area (TPSA) is 51.7 Å². The van der Waals surface area contributed by atoms with Gasteiger partial charge in [0, 0.05) is 58.9 Å². The van der Waals surface area contributed by atoms with Gasteiger partial charge in [0.25, 0.3) is 0 Å². The predicted molar refractivity (Wildman–Crippen MR) is 116 cm³/mol. The summed E-state index contributed by atoms with van der Waals surface area (Å²) in [5, 5.41) is 11.1. The van der Waals surface area contributed by atoms with Crippen LogP contribution in [0, 0.1) is 0 Å². The van der Waals surface area contributed by atoms with Crippen LogP contribution in [0.15, 0.2) is 18.2 Å². The molecule has 0 aliphatic carbocycles. The highest BCUT2D eigenvalue weighted by Gasteiger charge is 2.37. The molecule has 29 heavy (non-hydrogen) atoms. The van der Waals surface area contributed by atoms with Gasteiger partial charge in [-0.15, -0.1) is 0 Å². The number of benzene rings is 1. The first kappa shape index (κ1) is 22.3. The zero-order chi connectivity index (χ0) is 20.9. The molecule has 2 aliphatic heterocycles. The number of β-amino-alcohol motifs (C(OH)–C–C–N with tert-alkyl or cyclic N) is 1. The quantitative estimate of drug-likeness (QED) is 0.652. The third kappa shape index (κ3) is 6.55. The number of hydrogen-bond donors (Lipinski definition) is 1. The van der Waals surface area contributed by atoms with E-state index in [4.69, 9.17) is 9.47 Å². The monoisotopic (exact) mass is 406 g/mol. The average molecular weight is 407 g/mol. The number of nitrogens with zero attached hydrogens (tertiary/aromatic N) is 4. The van der Waals surface area contributed by atoms with E-state index in [1.807, 2.05) is 20.2 Å². The van der Waals surface area contributed by atoms with Gasteiger partial charge < -0.3 is 24.4 Å². The van der Waals surface area contributed by atoms with Crippen LogP contribution >= 0.6 is 0 Å². The Bertz CT molecular complexity index is 649. The molecule has 3 rings (SSSR count). The molecule has 0 unspecified atom stereocenters. The van der Waals surface area contributed by atoms with Crippen molar-refractivity contribution in [3.05, 3.63) is 23.8 Å². The number of piperazine rings is 1. The molecule has 0 aromatic heterocycles. The SMILES string of the molecule is COc1cc(CN2CC[C@](O)(CN3CCN(C)CC3)C2)ccc1OCCN(C)C. The number of ether oxygens (including phenoxy) is 2. The van der Waals surface area contributed by atoms with Gasteiger partial charge in [0.15, 0.2) is 11.5 Å². The predicted octanol–water partition coefficient (Wildman–Crippen LogP) is 0.820. The minimum absolute atomic E-state index is 0.602. The summed E-state index contributed by atoms with van der Waals surface area (Å²) in [4.78, 5) is 9.20. The number of likely N-dealkylation sites (tertiary alicyclic amines) is 1. The van der Waals surface area contributed by atoms with E-state index in [0.717, 1.165) is 76.8 Å². The van der Waals surface area contributed by atoms with Crippen LogP contribution in [0.1, 0.15) is 12.0 Å². The fraction of sp³-hybridized carbons (Fsp3) is 0.727. The standard InChI is InChI=1S/C22H38N4O3/c1-23(2)13-14-29-20-6-5-19(15-21(20)28-4)16-26-8-7-22(27,18-26)17-25-11-9-24(3)10-12-25/h5-6,15,27H,7-14,16-18H2,1-4H3/t22-/m0/s1. The molecule has 2 heterocycles. The Morgan fingerprint density at radius 2 is 1.83 bits per heavy atom. The van der Waals surface area contributed by atoms with Crippen molar-refractivity contribution in [1.82, 2.24) is 19.6 Å². The van der Waals surface area contributed by atoms with Crippen LogP contribution in [0.3, 0.4) is 0 Å². The lowest BCUT2D eigenvalue weighted by atomic mass is 10.0. The van der Waals surface area contributed by atoms with Gasteiger partial charge in [-0.2, -0.15) is 0 Å². The van der Waals surface area contributed by atoms with Crippen molar-refractivity contribution in [2.45, 2.75) is 18.6 Å². The van der Waals surface area contributed by atoms with Crippen molar-refractivity contribution < 1.29 is 14.6 Å². The Labute approximate surface area is 175 Å². The van der Waals surface area contributed by atoms with Gasteiger partial charge in [-0.1, -0.05) is 6.07 Å². The minimum Gasteiger partial charge on any atom is -0.493 e. The van der Waals surface area contributed by atoms with Crippen molar-refractivity contribution in [2.75, 3.05) is 87.2 Å². The summed E-state index contributed by atoms with van der Waals surface area (Å²) in [7, 11) is 7.91. The zero-order valence-corrected chi connectivity index (χ0v) is 18.6. The van der Waals surface area contributed by atoms with E-state index in [9.17, 15) is 5.11 Å². The van der Waals surface area contributed by atoms with Crippen LogP contribution < -0.4 is 9.47 Å². The lowest BCUT2D eigenvalue weighted by Crippen LogP contribution is -2.51. The normalized spacial score (nSPS) is 24.3. The second-order valence-corrected chi connectivity index (χ2v) is 8.90. The Hall–Kier alpha value is -1.38. The van der Waals surface area contributed by atoms with Gasteiger partial charge in [0.2, 0.25) is 0 Å². The summed E-state index contributed by atoms with van der Waals surface area (Å²) < 4.78 is 11.4. The van der Waals surface area contributed by atoms with Crippen molar-refractivity contribution in [3.63, 3.8) is 0 Å². The molecule has 0 spiro atoms. The lowest BCUT2D eigenvalue weighted by molar-refractivity contribution is -0.000371. The molecule has 1 atom stereocenters. The van der Waals surface area contributed by atoms with Crippen LogP contribution in [-0.4, -0.2) is 118 Å². The van der Waals surface area contributed by atoms with Crippen LogP contribution in [0.5, 0.6) is 11.5 Å². The molecule has 7 heteroatoms. The minimum atomic E-state index is -0.602. The maximum absolute atomic E-state index is 11.1. The molecule has 7 nitrogen and oxygen atoms in total. The number of aliphatic hydroxyl groups is 1. The fourth-order valence-electron chi connectivity index (χ4n) is 4.15. The van der Waals surface area contributed by atoms with Gasteiger partial charge in [0.05, 0.1) is 12.7 Å². The zero-order valence-electron chi connectivity index (χ0n) is 18.6. The summed E-state index contributed by atoms with van der Waals surface area (Å²) in [6, 6.07) is 6.16. The largest absolute Gasteiger partial charge is 0.493 e. The lowest BCUT2D eigenvalue weighted by Gasteiger charge is -2.37. The van der Waals surface area contributed by atoms with Crippen molar-refractivity contribution >= 4 is 0 Å². The van der Waals surface area contributed by atoms with Gasteiger partial charge in [-0.25, -0.2) is 0 Å². The summed E-state index contributed by atoms with van der Waals surface area (Å²) in [6.45, 7) is 9.01. The van der Waals surface area contributed by atoms with Gasteiger partial charge >= 0.3 is 0 Å². The molecular formula is C22H38N4O3. The average Bonchev–Trinajstić information content (AvgIpc) is 3.04. The number of hydrogen-bond acceptors (Lipinski definition) is 7. The molecule has 1 N–H and O–H groups in total. The molecule has 0 saturated carbocycles. The van der Waals surface area contributed by atoms with E-state index in [0.29, 0.717) is 6.61 Å².